The van der Waals surface area contributed by atoms with E-state index in [0.29, 0.717) is 39.6 Å². The quantitative estimate of drug-likeness (QED) is 0.267. The molecule has 0 radical (unpaired) electrons. The number of hydrogen-bond acceptors (Lipinski definition) is 8. The van der Waals surface area contributed by atoms with E-state index in [1.165, 1.54) is 18.9 Å². The van der Waals surface area contributed by atoms with Gasteiger partial charge in [0.05, 0.1) is 38.3 Å². The lowest BCUT2D eigenvalue weighted by Crippen LogP contribution is -2.01. The van der Waals surface area contributed by atoms with E-state index >= 15 is 0 Å². The van der Waals surface area contributed by atoms with Gasteiger partial charge in [-0.25, -0.2) is 4.79 Å². The molecule has 0 unspecified atom stereocenters. The topological polar surface area (TPSA) is 88.6 Å². The number of rotatable bonds is 8. The number of carbonyl (C=O) groups excluding carboxylic acids is 1. The van der Waals surface area contributed by atoms with Crippen LogP contribution < -0.4 is 9.47 Å². The first-order valence-electron chi connectivity index (χ1n) is 10.1. The molecule has 0 spiro atoms. The first-order chi connectivity index (χ1) is 16.0. The summed E-state index contributed by atoms with van der Waals surface area (Å²) >= 11 is 1.45. The lowest BCUT2D eigenvalue weighted by Gasteiger charge is -2.12. The van der Waals surface area contributed by atoms with Crippen LogP contribution in [-0.4, -0.2) is 42.1 Å². The van der Waals surface area contributed by atoms with Crippen molar-refractivity contribution in [2.75, 3.05) is 21.3 Å². The molecule has 8 nitrogen and oxygen atoms in total. The molecule has 2 aromatic carbocycles. The van der Waals surface area contributed by atoms with Crippen LogP contribution in [0.2, 0.25) is 0 Å². The molecule has 2 heterocycles. The van der Waals surface area contributed by atoms with E-state index in [2.05, 4.69) is 10.2 Å². The van der Waals surface area contributed by atoms with Gasteiger partial charge in [0.2, 0.25) is 0 Å². The fourth-order valence-electron chi connectivity index (χ4n) is 3.39. The van der Waals surface area contributed by atoms with E-state index in [4.69, 9.17) is 18.6 Å². The van der Waals surface area contributed by atoms with Gasteiger partial charge in [-0.2, -0.15) is 0 Å². The van der Waals surface area contributed by atoms with Crippen LogP contribution in [-0.2, 0) is 10.5 Å². The summed E-state index contributed by atoms with van der Waals surface area (Å²) < 4.78 is 23.4. The van der Waals surface area contributed by atoms with Crippen molar-refractivity contribution in [3.05, 3.63) is 71.7 Å². The molecule has 0 aliphatic rings. The normalized spacial score (nSPS) is 10.8. The van der Waals surface area contributed by atoms with Crippen molar-refractivity contribution in [2.24, 2.45) is 0 Å². The summed E-state index contributed by atoms with van der Waals surface area (Å²) in [6, 6.07) is 17.0. The fraction of sp³-hybridized carbons (Fsp3) is 0.208. The first-order valence-corrected chi connectivity index (χ1v) is 11.1. The zero-order valence-corrected chi connectivity index (χ0v) is 19.5. The highest BCUT2D eigenvalue weighted by Crippen LogP contribution is 2.34. The number of esters is 1. The second-order valence-electron chi connectivity index (χ2n) is 7.00. The highest BCUT2D eigenvalue weighted by molar-refractivity contribution is 7.98. The molecule has 4 rings (SSSR count). The van der Waals surface area contributed by atoms with E-state index in [-0.39, 0.29) is 0 Å². The molecule has 170 valence electrons. The number of benzene rings is 2. The Morgan fingerprint density at radius 3 is 2.48 bits per heavy atom. The predicted octanol–water partition coefficient (Wildman–Crippen LogP) is 4.93. The maximum absolute atomic E-state index is 11.9. The number of methoxy groups -OCH3 is 3. The highest BCUT2D eigenvalue weighted by atomic mass is 32.2. The van der Waals surface area contributed by atoms with Crippen molar-refractivity contribution in [3.63, 3.8) is 0 Å². The number of aryl methyl sites for hydroxylation is 1. The lowest BCUT2D eigenvalue weighted by molar-refractivity contribution is 0.0599. The Morgan fingerprint density at radius 1 is 1.03 bits per heavy atom. The molecule has 0 amide bonds. The zero-order valence-electron chi connectivity index (χ0n) is 18.7. The molecule has 9 heteroatoms. The van der Waals surface area contributed by atoms with Gasteiger partial charge >= 0.3 is 5.97 Å². The minimum absolute atomic E-state index is 0.416. The van der Waals surface area contributed by atoms with Gasteiger partial charge in [0.15, 0.2) is 11.0 Å². The third-order valence-corrected chi connectivity index (χ3v) is 5.98. The van der Waals surface area contributed by atoms with Crippen LogP contribution >= 0.6 is 11.8 Å². The molecule has 0 saturated heterocycles. The minimum atomic E-state index is -0.424. The summed E-state index contributed by atoms with van der Waals surface area (Å²) in [5.41, 5.74) is 2.10. The van der Waals surface area contributed by atoms with Crippen LogP contribution in [0.5, 0.6) is 11.5 Å². The fourth-order valence-corrected chi connectivity index (χ4v) is 4.23. The summed E-state index contributed by atoms with van der Waals surface area (Å²) in [5.74, 6) is 3.28. The molecule has 2 aromatic heterocycles. The van der Waals surface area contributed by atoms with Crippen LogP contribution in [0.15, 0.2) is 64.2 Å². The van der Waals surface area contributed by atoms with Crippen LogP contribution in [0.3, 0.4) is 0 Å². The van der Waals surface area contributed by atoms with Gasteiger partial charge < -0.3 is 18.6 Å². The van der Waals surface area contributed by atoms with E-state index in [1.807, 2.05) is 53.1 Å². The van der Waals surface area contributed by atoms with E-state index in [0.717, 1.165) is 17.0 Å². The van der Waals surface area contributed by atoms with Crippen LogP contribution in [0.25, 0.3) is 17.1 Å². The molecule has 0 bridgehead atoms. The van der Waals surface area contributed by atoms with Gasteiger partial charge in [-0.3, -0.25) is 4.57 Å². The number of hydrogen-bond donors (Lipinski definition) is 0. The molecule has 0 atom stereocenters. The third kappa shape index (κ3) is 4.58. The maximum Gasteiger partial charge on any atom is 0.341 e. The molecule has 0 saturated carbocycles. The number of carbonyl (C=O) groups is 1. The molecular weight excluding hydrogens is 442 g/mol. The van der Waals surface area contributed by atoms with Crippen LogP contribution in [0, 0.1) is 6.92 Å². The van der Waals surface area contributed by atoms with Gasteiger partial charge in [-0.05, 0) is 49.4 Å². The Kier molecular flexibility index (Phi) is 6.69. The average Bonchev–Trinajstić information content (AvgIpc) is 3.45. The van der Waals surface area contributed by atoms with E-state index in [9.17, 15) is 4.79 Å². The monoisotopic (exact) mass is 465 g/mol. The van der Waals surface area contributed by atoms with E-state index < -0.39 is 5.97 Å². The summed E-state index contributed by atoms with van der Waals surface area (Å²) in [4.78, 5) is 11.9. The molecule has 0 fully saturated rings. The van der Waals surface area contributed by atoms with Gasteiger partial charge in [0, 0.05) is 0 Å². The van der Waals surface area contributed by atoms with Gasteiger partial charge in [-0.15, -0.1) is 10.2 Å². The molecule has 4 aromatic rings. The van der Waals surface area contributed by atoms with Gasteiger partial charge in [-0.1, -0.05) is 23.9 Å². The maximum atomic E-state index is 11.9. The van der Waals surface area contributed by atoms with Gasteiger partial charge in [0.1, 0.15) is 28.6 Å². The minimum Gasteiger partial charge on any atom is -0.497 e. The lowest BCUT2D eigenvalue weighted by atomic mass is 10.2. The Morgan fingerprint density at radius 2 is 1.79 bits per heavy atom. The van der Waals surface area contributed by atoms with Crippen molar-refractivity contribution in [1.82, 2.24) is 14.8 Å². The Labute approximate surface area is 195 Å². The van der Waals surface area contributed by atoms with Gasteiger partial charge in [0.25, 0.3) is 0 Å². The second kappa shape index (κ2) is 9.83. The second-order valence-corrected chi connectivity index (χ2v) is 7.95. The van der Waals surface area contributed by atoms with Crippen LogP contribution in [0.4, 0.5) is 0 Å². The number of furan rings is 1. The number of ether oxygens (including phenoxy) is 3. The molecule has 0 aliphatic carbocycles. The Balaban J connectivity index is 1.72. The van der Waals surface area contributed by atoms with Crippen molar-refractivity contribution >= 4 is 17.7 Å². The smallest absolute Gasteiger partial charge is 0.341 e. The molecule has 0 N–H and O–H groups in total. The third-order valence-electron chi connectivity index (χ3n) is 5.03. The number of para-hydroxylation sites is 1. The standard InChI is InChI=1S/C24H23N3O5S/c1-15-20(23(28)31-4)13-18(32-15)14-33-24-26-25-22(19-7-5-6-8-21(19)30-3)27(24)16-9-11-17(29-2)12-10-16/h5-13H,14H2,1-4H3. The number of aromatic nitrogens is 3. The largest absolute Gasteiger partial charge is 0.497 e. The zero-order chi connectivity index (χ0) is 23.4. The van der Waals surface area contributed by atoms with E-state index in [1.54, 1.807) is 27.2 Å². The SMILES string of the molecule is COC(=O)c1cc(CSc2nnc(-c3ccccc3OC)n2-c2ccc(OC)cc2)oc1C. The van der Waals surface area contributed by atoms with Crippen molar-refractivity contribution in [1.29, 1.82) is 0 Å². The number of thioether (sulfide) groups is 1. The number of nitrogens with zero attached hydrogens (tertiary/aromatic N) is 3. The summed E-state index contributed by atoms with van der Waals surface area (Å²) in [7, 11) is 4.60. The van der Waals surface area contributed by atoms with Crippen molar-refractivity contribution in [3.8, 4) is 28.6 Å². The molecule has 0 aliphatic heterocycles. The summed E-state index contributed by atoms with van der Waals surface area (Å²) in [5, 5.41) is 9.57. The molecule has 33 heavy (non-hydrogen) atoms. The average molecular weight is 466 g/mol. The van der Waals surface area contributed by atoms with Crippen LogP contribution in [0.1, 0.15) is 21.9 Å². The summed E-state index contributed by atoms with van der Waals surface area (Å²) in [6.07, 6.45) is 0. The molecular formula is C24H23N3O5S. The predicted molar refractivity (Wildman–Crippen MR) is 124 cm³/mol. The Bertz CT molecular complexity index is 1260. The Hall–Kier alpha value is -3.72. The highest BCUT2D eigenvalue weighted by Gasteiger charge is 2.21. The summed E-state index contributed by atoms with van der Waals surface area (Å²) in [6.45, 7) is 1.74. The first kappa shape index (κ1) is 22.5. The van der Waals surface area contributed by atoms with Crippen molar-refractivity contribution in [2.45, 2.75) is 17.8 Å². The van der Waals surface area contributed by atoms with Crippen molar-refractivity contribution < 1.29 is 23.4 Å².